The van der Waals surface area contributed by atoms with Crippen molar-refractivity contribution >= 4 is 16.2 Å². The lowest BCUT2D eigenvalue weighted by atomic mass is 10.1. The summed E-state index contributed by atoms with van der Waals surface area (Å²) in [6.07, 6.45) is 0.715. The van der Waals surface area contributed by atoms with E-state index in [1.165, 1.54) is 12.6 Å². The van der Waals surface area contributed by atoms with Crippen LogP contribution in [0.4, 0.5) is 0 Å². The van der Waals surface area contributed by atoms with Crippen LogP contribution in [0.5, 0.6) is 0 Å². The number of carboxylic acid groups (broad SMARTS) is 1. The molecule has 0 aromatic heterocycles. The van der Waals surface area contributed by atoms with Gasteiger partial charge in [0, 0.05) is 20.1 Å². The molecule has 0 fully saturated rings. The number of hydrogen-bond donors (Lipinski definition) is 2. The lowest BCUT2D eigenvalue weighted by Crippen LogP contribution is -2.38. The maximum absolute atomic E-state index is 11.9. The van der Waals surface area contributed by atoms with Crippen molar-refractivity contribution in [2.45, 2.75) is 26.3 Å². The second-order valence-electron chi connectivity index (χ2n) is 4.46. The standard InChI is InChI=1S/C13H20N2O4S/c1-3-11-4-6-12(7-5-11)10-14-20(18,19)15(2)9-8-13(16)17/h4-7,14H,3,8-10H2,1-2H3,(H,16,17). The Hall–Kier alpha value is -1.44. The molecule has 0 spiro atoms. The molecule has 1 aromatic carbocycles. The number of carbonyl (C=O) groups is 1. The van der Waals surface area contributed by atoms with Crippen LogP contribution < -0.4 is 4.72 Å². The highest BCUT2D eigenvalue weighted by Crippen LogP contribution is 2.06. The van der Waals surface area contributed by atoms with E-state index in [1.54, 1.807) is 0 Å². The average molecular weight is 300 g/mol. The van der Waals surface area contributed by atoms with Gasteiger partial charge in [0.05, 0.1) is 6.42 Å². The number of carboxylic acids is 1. The van der Waals surface area contributed by atoms with Crippen LogP contribution in [0.1, 0.15) is 24.5 Å². The third kappa shape index (κ3) is 5.28. The van der Waals surface area contributed by atoms with Gasteiger partial charge in [0.2, 0.25) is 0 Å². The highest BCUT2D eigenvalue weighted by molar-refractivity contribution is 7.87. The largest absolute Gasteiger partial charge is 0.481 e. The van der Waals surface area contributed by atoms with Crippen molar-refractivity contribution < 1.29 is 18.3 Å². The number of hydrogen-bond acceptors (Lipinski definition) is 3. The highest BCUT2D eigenvalue weighted by atomic mass is 32.2. The van der Waals surface area contributed by atoms with Gasteiger partial charge in [0.15, 0.2) is 0 Å². The summed E-state index contributed by atoms with van der Waals surface area (Å²) in [5, 5.41) is 8.54. The van der Waals surface area contributed by atoms with E-state index in [0.717, 1.165) is 16.3 Å². The second-order valence-corrected chi connectivity index (χ2v) is 6.32. The molecule has 0 aliphatic rings. The molecule has 0 saturated heterocycles. The van der Waals surface area contributed by atoms with Crippen LogP contribution >= 0.6 is 0 Å². The van der Waals surface area contributed by atoms with Crippen molar-refractivity contribution in [3.05, 3.63) is 35.4 Å². The van der Waals surface area contributed by atoms with E-state index < -0.39 is 16.2 Å². The molecule has 0 atom stereocenters. The fourth-order valence-electron chi connectivity index (χ4n) is 1.55. The van der Waals surface area contributed by atoms with Crippen LogP contribution in [-0.2, 0) is 28.0 Å². The molecular weight excluding hydrogens is 280 g/mol. The maximum Gasteiger partial charge on any atom is 0.304 e. The molecule has 0 radical (unpaired) electrons. The summed E-state index contributed by atoms with van der Waals surface area (Å²) in [7, 11) is -2.30. The Balaban J connectivity index is 2.55. The molecule has 0 aliphatic carbocycles. The summed E-state index contributed by atoms with van der Waals surface area (Å²) < 4.78 is 27.2. The van der Waals surface area contributed by atoms with Gasteiger partial charge in [-0.1, -0.05) is 31.2 Å². The second kappa shape index (κ2) is 7.37. The molecular formula is C13H20N2O4S. The van der Waals surface area contributed by atoms with Gasteiger partial charge in [-0.15, -0.1) is 0 Å². The first-order valence-electron chi connectivity index (χ1n) is 6.35. The van der Waals surface area contributed by atoms with Crippen LogP contribution in [0.2, 0.25) is 0 Å². The number of rotatable bonds is 8. The quantitative estimate of drug-likeness (QED) is 0.749. The Morgan fingerprint density at radius 1 is 1.25 bits per heavy atom. The van der Waals surface area contributed by atoms with E-state index in [0.29, 0.717) is 0 Å². The first kappa shape index (κ1) is 16.6. The lowest BCUT2D eigenvalue weighted by molar-refractivity contribution is -0.137. The molecule has 2 N–H and O–H groups in total. The Morgan fingerprint density at radius 2 is 1.80 bits per heavy atom. The van der Waals surface area contributed by atoms with Crippen molar-refractivity contribution in [1.29, 1.82) is 0 Å². The molecule has 1 rings (SSSR count). The third-order valence-electron chi connectivity index (χ3n) is 2.94. The minimum Gasteiger partial charge on any atom is -0.481 e. The summed E-state index contributed by atoms with van der Waals surface area (Å²) in [6.45, 7) is 2.18. The van der Waals surface area contributed by atoms with Crippen molar-refractivity contribution in [2.24, 2.45) is 0 Å². The van der Waals surface area contributed by atoms with E-state index in [4.69, 9.17) is 5.11 Å². The topological polar surface area (TPSA) is 86.7 Å². The SMILES string of the molecule is CCc1ccc(CNS(=O)(=O)N(C)CCC(=O)O)cc1. The van der Waals surface area contributed by atoms with Gasteiger partial charge >= 0.3 is 5.97 Å². The monoisotopic (exact) mass is 300 g/mol. The van der Waals surface area contributed by atoms with Crippen molar-refractivity contribution in [2.75, 3.05) is 13.6 Å². The van der Waals surface area contributed by atoms with Crippen LogP contribution in [0, 0.1) is 0 Å². The minimum absolute atomic E-state index is 0.0561. The lowest BCUT2D eigenvalue weighted by Gasteiger charge is -2.16. The number of aryl methyl sites for hydroxylation is 1. The number of benzene rings is 1. The van der Waals surface area contributed by atoms with Gasteiger partial charge in [0.1, 0.15) is 0 Å². The summed E-state index contributed by atoms with van der Waals surface area (Å²) in [5.74, 6) is -1.03. The van der Waals surface area contributed by atoms with Gasteiger partial charge in [-0.05, 0) is 17.5 Å². The smallest absolute Gasteiger partial charge is 0.304 e. The van der Waals surface area contributed by atoms with E-state index in [-0.39, 0.29) is 19.5 Å². The summed E-state index contributed by atoms with van der Waals surface area (Å²) in [5.41, 5.74) is 2.05. The zero-order valence-electron chi connectivity index (χ0n) is 11.7. The molecule has 6 nitrogen and oxygen atoms in total. The zero-order chi connectivity index (χ0) is 15.2. The third-order valence-corrected chi connectivity index (χ3v) is 4.45. The Bertz CT molecular complexity index is 540. The summed E-state index contributed by atoms with van der Waals surface area (Å²) >= 11 is 0. The van der Waals surface area contributed by atoms with E-state index >= 15 is 0 Å². The molecule has 0 saturated carbocycles. The Labute approximate surface area is 119 Å². The highest BCUT2D eigenvalue weighted by Gasteiger charge is 2.17. The fraction of sp³-hybridized carbons (Fsp3) is 0.462. The zero-order valence-corrected chi connectivity index (χ0v) is 12.5. The molecule has 0 amide bonds. The maximum atomic E-state index is 11.9. The molecule has 0 heterocycles. The summed E-state index contributed by atoms with van der Waals surface area (Å²) in [4.78, 5) is 10.4. The van der Waals surface area contributed by atoms with Gasteiger partial charge < -0.3 is 5.11 Å². The number of nitrogens with one attached hydrogen (secondary N) is 1. The first-order valence-corrected chi connectivity index (χ1v) is 7.79. The molecule has 0 bridgehead atoms. The van der Waals surface area contributed by atoms with Crippen LogP contribution in [-0.4, -0.2) is 37.4 Å². The molecule has 7 heteroatoms. The minimum atomic E-state index is -3.65. The predicted molar refractivity (Wildman–Crippen MR) is 76.5 cm³/mol. The number of aliphatic carboxylic acids is 1. The Kier molecular flexibility index (Phi) is 6.12. The van der Waals surface area contributed by atoms with Gasteiger partial charge in [-0.2, -0.15) is 17.4 Å². The van der Waals surface area contributed by atoms with E-state index in [2.05, 4.69) is 11.6 Å². The molecule has 0 unspecified atom stereocenters. The van der Waals surface area contributed by atoms with Crippen molar-refractivity contribution in [3.8, 4) is 0 Å². The normalized spacial score (nSPS) is 11.8. The number of nitrogens with zero attached hydrogens (tertiary/aromatic N) is 1. The summed E-state index contributed by atoms with van der Waals surface area (Å²) in [6, 6.07) is 7.66. The van der Waals surface area contributed by atoms with Gasteiger partial charge in [-0.25, -0.2) is 0 Å². The molecule has 0 aliphatic heterocycles. The van der Waals surface area contributed by atoms with Crippen molar-refractivity contribution in [3.63, 3.8) is 0 Å². The molecule has 1 aromatic rings. The van der Waals surface area contributed by atoms with Crippen molar-refractivity contribution in [1.82, 2.24) is 9.03 Å². The fourth-order valence-corrected chi connectivity index (χ4v) is 2.45. The molecule has 20 heavy (non-hydrogen) atoms. The van der Waals surface area contributed by atoms with Gasteiger partial charge in [-0.3, -0.25) is 4.79 Å². The molecule has 112 valence electrons. The van der Waals surface area contributed by atoms with Crippen LogP contribution in [0.3, 0.4) is 0 Å². The van der Waals surface area contributed by atoms with Crippen LogP contribution in [0.25, 0.3) is 0 Å². The Morgan fingerprint density at radius 3 is 2.30 bits per heavy atom. The first-order chi connectivity index (χ1) is 9.35. The average Bonchev–Trinajstić information content (AvgIpc) is 2.43. The van der Waals surface area contributed by atoms with Gasteiger partial charge in [0.25, 0.3) is 10.2 Å². The van der Waals surface area contributed by atoms with Crippen LogP contribution in [0.15, 0.2) is 24.3 Å². The predicted octanol–water partition coefficient (Wildman–Crippen LogP) is 0.990. The van der Waals surface area contributed by atoms with E-state index in [1.807, 2.05) is 24.3 Å². The van der Waals surface area contributed by atoms with E-state index in [9.17, 15) is 13.2 Å².